The van der Waals surface area contributed by atoms with E-state index in [0.29, 0.717) is 30.4 Å². The highest BCUT2D eigenvalue weighted by atomic mass is 32.1. The normalized spacial score (nSPS) is 22.2. The first-order valence-corrected chi connectivity index (χ1v) is 7.62. The molecular weight excluding hydrogens is 278 g/mol. The summed E-state index contributed by atoms with van der Waals surface area (Å²) in [7, 11) is 0. The number of urea groups is 1. The number of nitrogens with one attached hydrogen (secondary N) is 2. The number of carbonyl (C=O) groups is 2. The number of aliphatic carboxylic acids is 1. The van der Waals surface area contributed by atoms with Gasteiger partial charge in [-0.2, -0.15) is 0 Å². The van der Waals surface area contributed by atoms with Crippen LogP contribution >= 0.6 is 11.3 Å². The molecule has 7 heteroatoms. The number of carboxylic acid groups (broad SMARTS) is 1. The molecule has 110 valence electrons. The molecule has 0 spiro atoms. The highest BCUT2D eigenvalue weighted by Gasteiger charge is 2.25. The summed E-state index contributed by atoms with van der Waals surface area (Å²) in [6.07, 6.45) is 3.12. The molecule has 0 aliphatic heterocycles. The third-order valence-electron chi connectivity index (χ3n) is 3.59. The first kappa shape index (κ1) is 14.8. The van der Waals surface area contributed by atoms with Gasteiger partial charge in [-0.1, -0.05) is 0 Å². The van der Waals surface area contributed by atoms with Gasteiger partial charge in [-0.3, -0.25) is 10.1 Å². The molecule has 0 unspecified atom stereocenters. The molecule has 20 heavy (non-hydrogen) atoms. The van der Waals surface area contributed by atoms with E-state index in [-0.39, 0.29) is 11.9 Å². The minimum atomic E-state index is -0.701. The SMILES string of the molecule is Cc1csc(NC(=O)NCC2CCC(C(=O)O)CC2)n1. The van der Waals surface area contributed by atoms with Crippen molar-refractivity contribution in [3.63, 3.8) is 0 Å². The van der Waals surface area contributed by atoms with Crippen LogP contribution in [0, 0.1) is 18.8 Å². The summed E-state index contributed by atoms with van der Waals surface area (Å²) in [4.78, 5) is 26.7. The molecule has 1 aliphatic rings. The summed E-state index contributed by atoms with van der Waals surface area (Å²) in [6, 6.07) is -0.250. The maximum absolute atomic E-state index is 11.7. The number of anilines is 1. The third-order valence-corrected chi connectivity index (χ3v) is 4.46. The lowest BCUT2D eigenvalue weighted by atomic mass is 9.82. The van der Waals surface area contributed by atoms with E-state index in [2.05, 4.69) is 15.6 Å². The second-order valence-electron chi connectivity index (χ2n) is 5.18. The van der Waals surface area contributed by atoms with Crippen molar-refractivity contribution in [3.8, 4) is 0 Å². The van der Waals surface area contributed by atoms with Crippen molar-refractivity contribution in [2.45, 2.75) is 32.6 Å². The summed E-state index contributed by atoms with van der Waals surface area (Å²) in [5, 5.41) is 16.9. The standard InChI is InChI=1S/C13H19N3O3S/c1-8-7-20-13(15-8)16-12(19)14-6-9-2-4-10(5-3-9)11(17)18/h7,9-10H,2-6H2,1H3,(H,17,18)(H2,14,15,16,19). The molecule has 3 N–H and O–H groups in total. The molecule has 2 amide bonds. The molecule has 1 fully saturated rings. The topological polar surface area (TPSA) is 91.3 Å². The van der Waals surface area contributed by atoms with E-state index < -0.39 is 5.97 Å². The Bertz CT molecular complexity index is 481. The molecule has 0 radical (unpaired) electrons. The van der Waals surface area contributed by atoms with Crippen LogP contribution in [-0.4, -0.2) is 28.6 Å². The van der Waals surface area contributed by atoms with Crippen LogP contribution in [0.4, 0.5) is 9.93 Å². The maximum atomic E-state index is 11.7. The lowest BCUT2D eigenvalue weighted by Gasteiger charge is -2.26. The van der Waals surface area contributed by atoms with Gasteiger partial charge in [0.2, 0.25) is 0 Å². The summed E-state index contributed by atoms with van der Waals surface area (Å²) in [5.41, 5.74) is 0.886. The second kappa shape index (κ2) is 6.69. The number of carboxylic acids is 1. The molecule has 1 aliphatic carbocycles. The van der Waals surface area contributed by atoms with E-state index in [0.717, 1.165) is 18.5 Å². The minimum absolute atomic E-state index is 0.210. The summed E-state index contributed by atoms with van der Waals surface area (Å²) in [6.45, 7) is 2.46. The minimum Gasteiger partial charge on any atom is -0.481 e. The molecule has 1 aromatic heterocycles. The maximum Gasteiger partial charge on any atom is 0.321 e. The Balaban J connectivity index is 1.68. The summed E-state index contributed by atoms with van der Waals surface area (Å²) >= 11 is 1.39. The van der Waals surface area contributed by atoms with Crippen molar-refractivity contribution in [3.05, 3.63) is 11.1 Å². The van der Waals surface area contributed by atoms with Crippen LogP contribution in [0.2, 0.25) is 0 Å². The predicted octanol–water partition coefficient (Wildman–Crippen LogP) is 2.46. The Morgan fingerprint density at radius 3 is 2.65 bits per heavy atom. The van der Waals surface area contributed by atoms with Gasteiger partial charge >= 0.3 is 12.0 Å². The fourth-order valence-corrected chi connectivity index (χ4v) is 3.09. The lowest BCUT2D eigenvalue weighted by molar-refractivity contribution is -0.143. The molecule has 1 heterocycles. The van der Waals surface area contributed by atoms with Gasteiger partial charge < -0.3 is 10.4 Å². The zero-order valence-electron chi connectivity index (χ0n) is 11.4. The van der Waals surface area contributed by atoms with Crippen molar-refractivity contribution in [2.75, 3.05) is 11.9 Å². The fourth-order valence-electron chi connectivity index (χ4n) is 2.40. The Morgan fingerprint density at radius 1 is 1.40 bits per heavy atom. The highest BCUT2D eigenvalue weighted by molar-refractivity contribution is 7.13. The van der Waals surface area contributed by atoms with E-state index in [9.17, 15) is 9.59 Å². The fraction of sp³-hybridized carbons (Fsp3) is 0.615. The monoisotopic (exact) mass is 297 g/mol. The number of aryl methyl sites for hydroxylation is 1. The Labute approximate surface area is 121 Å². The molecule has 0 atom stereocenters. The zero-order chi connectivity index (χ0) is 14.5. The smallest absolute Gasteiger partial charge is 0.321 e. The number of hydrogen-bond acceptors (Lipinski definition) is 4. The number of rotatable bonds is 4. The Hall–Kier alpha value is -1.63. The number of nitrogens with zero attached hydrogens (tertiary/aromatic N) is 1. The number of amides is 2. The van der Waals surface area contributed by atoms with Crippen molar-refractivity contribution < 1.29 is 14.7 Å². The average Bonchev–Trinajstić information content (AvgIpc) is 2.82. The molecule has 6 nitrogen and oxygen atoms in total. The van der Waals surface area contributed by atoms with Crippen molar-refractivity contribution in [1.29, 1.82) is 0 Å². The Morgan fingerprint density at radius 2 is 2.10 bits per heavy atom. The van der Waals surface area contributed by atoms with Crippen LogP contribution in [0.25, 0.3) is 0 Å². The van der Waals surface area contributed by atoms with Crippen LogP contribution in [-0.2, 0) is 4.79 Å². The molecular formula is C13H19N3O3S. The van der Waals surface area contributed by atoms with Gasteiger partial charge in [-0.25, -0.2) is 9.78 Å². The predicted molar refractivity (Wildman–Crippen MR) is 77.0 cm³/mol. The van der Waals surface area contributed by atoms with Gasteiger partial charge in [0.25, 0.3) is 0 Å². The van der Waals surface area contributed by atoms with Gasteiger partial charge in [0, 0.05) is 11.9 Å². The quantitative estimate of drug-likeness (QED) is 0.796. The van der Waals surface area contributed by atoms with E-state index in [1.165, 1.54) is 11.3 Å². The first-order valence-electron chi connectivity index (χ1n) is 6.74. The molecule has 0 saturated heterocycles. The number of aromatic nitrogens is 1. The van der Waals surface area contributed by atoms with Crippen molar-refractivity contribution in [1.82, 2.24) is 10.3 Å². The van der Waals surface area contributed by atoms with Crippen LogP contribution in [0.3, 0.4) is 0 Å². The molecule has 1 aromatic rings. The summed E-state index contributed by atoms with van der Waals surface area (Å²) in [5.74, 6) is -0.541. The van der Waals surface area contributed by atoms with Gasteiger partial charge in [0.15, 0.2) is 5.13 Å². The third kappa shape index (κ3) is 4.19. The van der Waals surface area contributed by atoms with Crippen LogP contribution in [0.15, 0.2) is 5.38 Å². The largest absolute Gasteiger partial charge is 0.481 e. The lowest BCUT2D eigenvalue weighted by Crippen LogP contribution is -2.35. The molecule has 1 saturated carbocycles. The van der Waals surface area contributed by atoms with Crippen molar-refractivity contribution in [2.24, 2.45) is 11.8 Å². The average molecular weight is 297 g/mol. The van der Waals surface area contributed by atoms with Crippen LogP contribution in [0.5, 0.6) is 0 Å². The Kier molecular flexibility index (Phi) is 4.94. The van der Waals surface area contributed by atoms with E-state index in [4.69, 9.17) is 5.11 Å². The van der Waals surface area contributed by atoms with Gasteiger partial charge in [0.05, 0.1) is 11.6 Å². The van der Waals surface area contributed by atoms with Crippen LogP contribution in [0.1, 0.15) is 31.4 Å². The second-order valence-corrected chi connectivity index (χ2v) is 6.04. The number of carbonyl (C=O) groups excluding carboxylic acids is 1. The van der Waals surface area contributed by atoms with E-state index >= 15 is 0 Å². The number of hydrogen-bond donors (Lipinski definition) is 3. The van der Waals surface area contributed by atoms with Gasteiger partial charge in [-0.15, -0.1) is 11.3 Å². The number of thiazole rings is 1. The van der Waals surface area contributed by atoms with Crippen molar-refractivity contribution >= 4 is 28.5 Å². The van der Waals surface area contributed by atoms with E-state index in [1.807, 2.05) is 12.3 Å². The molecule has 2 rings (SSSR count). The molecule has 0 bridgehead atoms. The zero-order valence-corrected chi connectivity index (χ0v) is 12.2. The van der Waals surface area contributed by atoms with Gasteiger partial charge in [0.1, 0.15) is 0 Å². The summed E-state index contributed by atoms with van der Waals surface area (Å²) < 4.78 is 0. The van der Waals surface area contributed by atoms with E-state index in [1.54, 1.807) is 0 Å². The first-order chi connectivity index (χ1) is 9.54. The molecule has 0 aromatic carbocycles. The van der Waals surface area contributed by atoms with Crippen LogP contribution < -0.4 is 10.6 Å². The highest BCUT2D eigenvalue weighted by Crippen LogP contribution is 2.28. The van der Waals surface area contributed by atoms with Gasteiger partial charge in [-0.05, 0) is 38.5 Å².